The van der Waals surface area contributed by atoms with Gasteiger partial charge in [0.25, 0.3) is 40.1 Å². The van der Waals surface area contributed by atoms with Crippen LogP contribution in [-0.2, 0) is 49.6 Å². The standard InChI is InChI=1S/C39H48N2O10S4/c1-30-13-21-35(22-14-30)52(43,44)40(53(45,46)36-23-15-31(2)16-24-36)29-34(11-9-7-6-8-10-12-39(42)51-5)41(54(47,48)37-25-17-32(3)18-26-37)55(49,50)38-27-19-33(4)20-28-38/h13-28,34H,6-12,29H2,1-5H3. The summed E-state index contributed by atoms with van der Waals surface area (Å²) in [6.07, 6.45) is 2.32. The molecule has 55 heavy (non-hydrogen) atoms. The quantitative estimate of drug-likeness (QED) is 0.0737. The van der Waals surface area contributed by atoms with Crippen molar-refractivity contribution in [1.29, 1.82) is 0 Å². The van der Waals surface area contributed by atoms with E-state index in [4.69, 9.17) is 4.74 Å². The number of unbranched alkanes of at least 4 members (excludes halogenated alkanes) is 4. The predicted molar refractivity (Wildman–Crippen MR) is 210 cm³/mol. The molecule has 0 aromatic heterocycles. The highest BCUT2D eigenvalue weighted by Gasteiger charge is 2.46. The van der Waals surface area contributed by atoms with Crippen LogP contribution in [0.5, 0.6) is 0 Å². The van der Waals surface area contributed by atoms with Crippen molar-refractivity contribution in [1.82, 2.24) is 7.42 Å². The van der Waals surface area contributed by atoms with Crippen molar-refractivity contribution in [3.63, 3.8) is 0 Å². The van der Waals surface area contributed by atoms with Crippen molar-refractivity contribution in [3.05, 3.63) is 119 Å². The number of methoxy groups -OCH3 is 1. The third-order valence-corrected chi connectivity index (χ3v) is 17.8. The summed E-state index contributed by atoms with van der Waals surface area (Å²) in [7, 11) is -18.6. The number of hydrogen-bond donors (Lipinski definition) is 0. The molecular weight excluding hydrogens is 785 g/mol. The molecule has 0 saturated heterocycles. The van der Waals surface area contributed by atoms with Crippen molar-refractivity contribution in [2.75, 3.05) is 13.7 Å². The first-order valence-corrected chi connectivity index (χ1v) is 23.5. The molecule has 4 aromatic rings. The van der Waals surface area contributed by atoms with Gasteiger partial charge in [-0.05, 0) is 89.1 Å². The van der Waals surface area contributed by atoms with Gasteiger partial charge in [-0.25, -0.2) is 33.7 Å². The Hall–Kier alpha value is -3.93. The molecule has 0 fully saturated rings. The monoisotopic (exact) mass is 832 g/mol. The lowest BCUT2D eigenvalue weighted by Crippen LogP contribution is -2.52. The lowest BCUT2D eigenvalue weighted by atomic mass is 10.1. The zero-order valence-electron chi connectivity index (χ0n) is 31.6. The number of rotatable bonds is 19. The maximum Gasteiger partial charge on any atom is 0.305 e. The number of hydrogen-bond acceptors (Lipinski definition) is 10. The normalized spacial score (nSPS) is 13.2. The Kier molecular flexibility index (Phi) is 14.6. The molecule has 0 spiro atoms. The molecule has 4 rings (SSSR count). The second-order valence-corrected chi connectivity index (χ2v) is 21.3. The first-order chi connectivity index (χ1) is 25.8. The predicted octanol–water partition coefficient (Wildman–Crippen LogP) is 6.65. The molecule has 0 bridgehead atoms. The van der Waals surface area contributed by atoms with E-state index in [-0.39, 0.29) is 52.2 Å². The molecule has 4 aromatic carbocycles. The highest BCUT2D eigenvalue weighted by Crippen LogP contribution is 2.33. The molecule has 0 aliphatic rings. The summed E-state index contributed by atoms with van der Waals surface area (Å²) in [5, 5.41) is 0. The van der Waals surface area contributed by atoms with Gasteiger partial charge in [-0.15, -0.1) is 0 Å². The SMILES string of the molecule is COC(=O)CCCCCCCC(CN(S(=O)(=O)c1ccc(C)cc1)S(=O)(=O)c1ccc(C)cc1)N(S(=O)(=O)c1ccc(C)cc1)S(=O)(=O)c1ccc(C)cc1. The largest absolute Gasteiger partial charge is 0.469 e. The van der Waals surface area contributed by atoms with E-state index < -0.39 is 52.7 Å². The Morgan fingerprint density at radius 1 is 0.491 bits per heavy atom. The molecule has 298 valence electrons. The molecule has 1 unspecified atom stereocenters. The van der Waals surface area contributed by atoms with E-state index in [9.17, 15) is 38.5 Å². The number of benzene rings is 4. The van der Waals surface area contributed by atoms with E-state index in [1.165, 1.54) is 104 Å². The lowest BCUT2D eigenvalue weighted by molar-refractivity contribution is -0.140. The van der Waals surface area contributed by atoms with Crippen molar-refractivity contribution < 1.29 is 43.2 Å². The van der Waals surface area contributed by atoms with Crippen LogP contribution in [0.25, 0.3) is 0 Å². The van der Waals surface area contributed by atoms with Crippen LogP contribution < -0.4 is 0 Å². The van der Waals surface area contributed by atoms with Crippen LogP contribution in [-0.4, -0.2) is 66.8 Å². The van der Waals surface area contributed by atoms with Gasteiger partial charge in [-0.3, -0.25) is 4.79 Å². The molecule has 0 N–H and O–H groups in total. The van der Waals surface area contributed by atoms with Gasteiger partial charge in [0, 0.05) is 13.0 Å². The van der Waals surface area contributed by atoms with E-state index in [1.807, 2.05) is 0 Å². The smallest absolute Gasteiger partial charge is 0.305 e. The third kappa shape index (κ3) is 10.7. The summed E-state index contributed by atoms with van der Waals surface area (Å²) < 4.78 is 122. The molecule has 0 saturated carbocycles. The maximum atomic E-state index is 14.7. The highest BCUT2D eigenvalue weighted by atomic mass is 32.3. The molecule has 0 amide bonds. The topological polar surface area (TPSA) is 169 Å². The third-order valence-electron chi connectivity index (χ3n) is 9.09. The van der Waals surface area contributed by atoms with E-state index in [0.717, 1.165) is 0 Å². The van der Waals surface area contributed by atoms with Crippen molar-refractivity contribution in [2.24, 2.45) is 0 Å². The van der Waals surface area contributed by atoms with E-state index in [1.54, 1.807) is 27.7 Å². The van der Waals surface area contributed by atoms with Crippen molar-refractivity contribution in [3.8, 4) is 0 Å². The fourth-order valence-electron chi connectivity index (χ4n) is 5.85. The Morgan fingerprint density at radius 3 is 1.15 bits per heavy atom. The van der Waals surface area contributed by atoms with Crippen LogP contribution in [0.4, 0.5) is 0 Å². The zero-order chi connectivity index (χ0) is 40.6. The first kappa shape index (κ1) is 43.8. The van der Waals surface area contributed by atoms with Crippen LogP contribution in [0, 0.1) is 27.7 Å². The fraction of sp³-hybridized carbons (Fsp3) is 0.359. The molecule has 0 heterocycles. The fourth-order valence-corrected chi connectivity index (χ4v) is 13.6. The van der Waals surface area contributed by atoms with E-state index in [0.29, 0.717) is 47.9 Å². The van der Waals surface area contributed by atoms with Crippen LogP contribution in [0.2, 0.25) is 0 Å². The second-order valence-electron chi connectivity index (χ2n) is 13.5. The van der Waals surface area contributed by atoms with Crippen molar-refractivity contribution in [2.45, 2.75) is 98.3 Å². The highest BCUT2D eigenvalue weighted by molar-refractivity contribution is 8.04. The number of sulfonamides is 4. The van der Waals surface area contributed by atoms with Gasteiger partial charge in [0.2, 0.25) is 0 Å². The number of carbonyl (C=O) groups excluding carboxylic acids is 1. The van der Waals surface area contributed by atoms with Gasteiger partial charge in [0.15, 0.2) is 0 Å². The Morgan fingerprint density at radius 2 is 0.800 bits per heavy atom. The minimum Gasteiger partial charge on any atom is -0.469 e. The van der Waals surface area contributed by atoms with E-state index in [2.05, 4.69) is 0 Å². The van der Waals surface area contributed by atoms with Crippen LogP contribution >= 0.6 is 0 Å². The Labute approximate surface area is 326 Å². The summed E-state index contributed by atoms with van der Waals surface area (Å²) in [6, 6.07) is 20.3. The van der Waals surface area contributed by atoms with Gasteiger partial charge in [0.1, 0.15) is 0 Å². The van der Waals surface area contributed by atoms with Gasteiger partial charge < -0.3 is 4.74 Å². The number of ether oxygens (including phenoxy) is 1. The van der Waals surface area contributed by atoms with Gasteiger partial charge in [-0.1, -0.05) is 104 Å². The minimum absolute atomic E-state index is 0.190. The summed E-state index contributed by atoms with van der Waals surface area (Å²) >= 11 is 0. The Bertz CT molecular complexity index is 2210. The molecular formula is C39H48N2O10S4. The average molecular weight is 833 g/mol. The lowest BCUT2D eigenvalue weighted by Gasteiger charge is -2.33. The summed E-state index contributed by atoms with van der Waals surface area (Å²) in [6.45, 7) is 5.85. The van der Waals surface area contributed by atoms with Crippen LogP contribution in [0.1, 0.15) is 67.2 Å². The number of esters is 1. The summed E-state index contributed by atoms with van der Waals surface area (Å²) in [5.74, 6) is -0.358. The summed E-state index contributed by atoms with van der Waals surface area (Å²) in [4.78, 5) is 10.1. The molecule has 0 aliphatic heterocycles. The van der Waals surface area contributed by atoms with Gasteiger partial charge >= 0.3 is 5.97 Å². The first-order valence-electron chi connectivity index (χ1n) is 17.7. The van der Waals surface area contributed by atoms with Gasteiger partial charge in [0.05, 0.1) is 32.7 Å². The zero-order valence-corrected chi connectivity index (χ0v) is 34.8. The van der Waals surface area contributed by atoms with E-state index >= 15 is 0 Å². The maximum absolute atomic E-state index is 14.7. The second kappa shape index (κ2) is 18.3. The number of nitrogens with zero attached hydrogens (tertiary/aromatic N) is 2. The molecule has 0 aliphatic carbocycles. The molecule has 0 radical (unpaired) electrons. The van der Waals surface area contributed by atoms with Crippen LogP contribution in [0.3, 0.4) is 0 Å². The Balaban J connectivity index is 1.93. The molecule has 16 heteroatoms. The number of aryl methyl sites for hydroxylation is 4. The number of carbonyl (C=O) groups is 1. The van der Waals surface area contributed by atoms with Crippen LogP contribution in [0.15, 0.2) is 117 Å². The van der Waals surface area contributed by atoms with Gasteiger partial charge in [-0.2, -0.15) is 0 Å². The molecule has 12 nitrogen and oxygen atoms in total. The van der Waals surface area contributed by atoms with Crippen molar-refractivity contribution >= 4 is 46.1 Å². The molecule has 1 atom stereocenters. The average Bonchev–Trinajstić information content (AvgIpc) is 3.13. The minimum atomic E-state index is -5.00. The summed E-state index contributed by atoms with van der Waals surface area (Å²) in [5.41, 5.74) is 2.82.